The smallest absolute Gasteiger partial charge is 0.261 e. The molecule has 0 spiro atoms. The van der Waals surface area contributed by atoms with Gasteiger partial charge in [0.1, 0.15) is 0 Å². The van der Waals surface area contributed by atoms with Crippen LogP contribution < -0.4 is 0 Å². The Balaban J connectivity index is 2.00. The molecule has 2 aromatic carbocycles. The van der Waals surface area contributed by atoms with Gasteiger partial charge in [0, 0.05) is 38.6 Å². The molecule has 29 heavy (non-hydrogen) atoms. The number of aliphatic hydroxyl groups is 1. The normalized spacial score (nSPS) is 16.3. The average Bonchev–Trinajstić information content (AvgIpc) is 2.73. The SMILES string of the molecule is CCC(C)(CC)N1C(=O)c2ccc3c4c(ccc(c24)C1=O)C(=O)N(CCO)C3=O. The van der Waals surface area contributed by atoms with E-state index in [1.165, 1.54) is 17.0 Å². The van der Waals surface area contributed by atoms with Crippen molar-refractivity contribution in [3.63, 3.8) is 0 Å². The van der Waals surface area contributed by atoms with E-state index in [4.69, 9.17) is 0 Å². The van der Waals surface area contributed by atoms with E-state index in [1.807, 2.05) is 20.8 Å². The van der Waals surface area contributed by atoms with Crippen LogP contribution in [0.25, 0.3) is 10.8 Å². The molecule has 4 amide bonds. The molecule has 0 atom stereocenters. The first-order chi connectivity index (χ1) is 13.8. The fourth-order valence-electron chi connectivity index (χ4n) is 4.28. The Kier molecular flexibility index (Phi) is 4.31. The van der Waals surface area contributed by atoms with Gasteiger partial charge in [-0.15, -0.1) is 0 Å². The summed E-state index contributed by atoms with van der Waals surface area (Å²) in [6.07, 6.45) is 1.23. The number of nitrogens with zero attached hydrogens (tertiary/aromatic N) is 2. The summed E-state index contributed by atoms with van der Waals surface area (Å²) in [6.45, 7) is 5.31. The molecule has 0 saturated heterocycles. The monoisotopic (exact) mass is 394 g/mol. The molecule has 0 unspecified atom stereocenters. The zero-order valence-electron chi connectivity index (χ0n) is 16.6. The van der Waals surface area contributed by atoms with Gasteiger partial charge in [0.15, 0.2) is 0 Å². The molecule has 150 valence electrons. The highest BCUT2D eigenvalue weighted by Crippen LogP contribution is 2.40. The van der Waals surface area contributed by atoms with Crippen molar-refractivity contribution in [3.05, 3.63) is 46.5 Å². The summed E-state index contributed by atoms with van der Waals surface area (Å²) < 4.78 is 0. The van der Waals surface area contributed by atoms with E-state index in [-0.39, 0.29) is 24.3 Å². The Hall–Kier alpha value is -3.06. The van der Waals surface area contributed by atoms with Gasteiger partial charge in [-0.25, -0.2) is 0 Å². The topological polar surface area (TPSA) is 95.0 Å². The van der Waals surface area contributed by atoms with Crippen LogP contribution in [0.5, 0.6) is 0 Å². The standard InChI is InChI=1S/C22H22N2O5/c1-4-22(3,5-2)24-20(28)14-8-6-12-16-13(7-9-15(17(14)16)21(24)29)19(27)23(10-11-25)18(12)26/h6-9,25H,4-5,10-11H2,1-3H3. The fourth-order valence-corrected chi connectivity index (χ4v) is 4.28. The molecule has 0 fully saturated rings. The molecule has 0 bridgehead atoms. The lowest BCUT2D eigenvalue weighted by Crippen LogP contribution is -2.54. The molecule has 0 saturated carbocycles. The lowest BCUT2D eigenvalue weighted by Gasteiger charge is -2.41. The van der Waals surface area contributed by atoms with Gasteiger partial charge in [-0.1, -0.05) is 13.8 Å². The van der Waals surface area contributed by atoms with Crippen molar-refractivity contribution in [1.82, 2.24) is 9.80 Å². The van der Waals surface area contributed by atoms with Crippen molar-refractivity contribution in [1.29, 1.82) is 0 Å². The zero-order valence-corrected chi connectivity index (χ0v) is 16.6. The van der Waals surface area contributed by atoms with Crippen LogP contribution in [0.4, 0.5) is 0 Å². The van der Waals surface area contributed by atoms with E-state index in [9.17, 15) is 24.3 Å². The predicted octanol–water partition coefficient (Wildman–Crippen LogP) is 2.60. The molecule has 0 aliphatic carbocycles. The van der Waals surface area contributed by atoms with E-state index < -0.39 is 29.2 Å². The molecule has 2 heterocycles. The molecule has 4 rings (SSSR count). The van der Waals surface area contributed by atoms with Crippen LogP contribution in [-0.2, 0) is 0 Å². The van der Waals surface area contributed by atoms with Gasteiger partial charge in [0.25, 0.3) is 23.6 Å². The number of hydrogen-bond acceptors (Lipinski definition) is 5. The number of benzene rings is 2. The van der Waals surface area contributed by atoms with E-state index in [0.717, 1.165) is 4.90 Å². The van der Waals surface area contributed by atoms with E-state index in [1.54, 1.807) is 12.1 Å². The summed E-state index contributed by atoms with van der Waals surface area (Å²) >= 11 is 0. The number of carbonyl (C=O) groups is 4. The van der Waals surface area contributed by atoms with Crippen molar-refractivity contribution >= 4 is 34.4 Å². The maximum atomic E-state index is 13.3. The van der Waals surface area contributed by atoms with Crippen LogP contribution in [0.15, 0.2) is 24.3 Å². The number of hydrogen-bond donors (Lipinski definition) is 1. The number of imide groups is 2. The summed E-state index contributed by atoms with van der Waals surface area (Å²) in [5, 5.41) is 9.93. The maximum Gasteiger partial charge on any atom is 0.261 e. The van der Waals surface area contributed by atoms with Crippen molar-refractivity contribution < 1.29 is 24.3 Å². The minimum atomic E-state index is -0.629. The van der Waals surface area contributed by atoms with Crippen LogP contribution in [0.3, 0.4) is 0 Å². The first kappa shape index (κ1) is 19.3. The Morgan fingerprint density at radius 3 is 1.48 bits per heavy atom. The van der Waals surface area contributed by atoms with Gasteiger partial charge in [-0.2, -0.15) is 0 Å². The third kappa shape index (κ3) is 2.40. The van der Waals surface area contributed by atoms with E-state index in [2.05, 4.69) is 0 Å². The summed E-state index contributed by atoms with van der Waals surface area (Å²) in [6, 6.07) is 6.18. The second kappa shape index (κ2) is 6.49. The Labute approximate surface area is 167 Å². The van der Waals surface area contributed by atoms with Crippen LogP contribution in [-0.4, -0.2) is 57.2 Å². The molecule has 0 aromatic heterocycles. The molecule has 2 aromatic rings. The summed E-state index contributed by atoms with van der Waals surface area (Å²) in [5.41, 5.74) is 0.540. The van der Waals surface area contributed by atoms with Gasteiger partial charge in [0.2, 0.25) is 0 Å². The summed E-state index contributed by atoms with van der Waals surface area (Å²) in [5.74, 6) is -1.88. The molecule has 1 N–H and O–H groups in total. The maximum absolute atomic E-state index is 13.3. The van der Waals surface area contributed by atoms with Crippen molar-refractivity contribution in [2.24, 2.45) is 0 Å². The third-order valence-corrected chi connectivity index (χ3v) is 6.37. The highest BCUT2D eigenvalue weighted by molar-refractivity contribution is 6.33. The van der Waals surface area contributed by atoms with Gasteiger partial charge in [-0.3, -0.25) is 29.0 Å². The zero-order chi connectivity index (χ0) is 21.1. The van der Waals surface area contributed by atoms with E-state index >= 15 is 0 Å². The molecule has 0 radical (unpaired) electrons. The largest absolute Gasteiger partial charge is 0.395 e. The van der Waals surface area contributed by atoms with Gasteiger partial charge in [0.05, 0.1) is 13.2 Å². The fraction of sp³-hybridized carbons (Fsp3) is 0.364. The van der Waals surface area contributed by atoms with E-state index in [0.29, 0.717) is 34.7 Å². The summed E-state index contributed by atoms with van der Waals surface area (Å²) in [7, 11) is 0. The minimum absolute atomic E-state index is 0.112. The highest BCUT2D eigenvalue weighted by atomic mass is 16.3. The van der Waals surface area contributed by atoms with Crippen molar-refractivity contribution in [3.8, 4) is 0 Å². The number of amides is 4. The van der Waals surface area contributed by atoms with Crippen molar-refractivity contribution in [2.75, 3.05) is 13.2 Å². The molecule has 2 aliphatic rings. The van der Waals surface area contributed by atoms with Crippen LogP contribution in [0, 0.1) is 0 Å². The summed E-state index contributed by atoms with van der Waals surface area (Å²) in [4.78, 5) is 54.6. The minimum Gasteiger partial charge on any atom is -0.395 e. The number of aliphatic hydroxyl groups excluding tert-OH is 1. The molecular weight excluding hydrogens is 372 g/mol. The Bertz CT molecular complexity index is 1030. The van der Waals surface area contributed by atoms with Gasteiger partial charge >= 0.3 is 0 Å². The van der Waals surface area contributed by atoms with Gasteiger partial charge in [-0.05, 0) is 44.0 Å². The first-order valence-electron chi connectivity index (χ1n) is 9.76. The predicted molar refractivity (Wildman–Crippen MR) is 106 cm³/mol. The van der Waals surface area contributed by atoms with Crippen LogP contribution >= 0.6 is 0 Å². The lowest BCUT2D eigenvalue weighted by molar-refractivity contribution is 0.0384. The van der Waals surface area contributed by atoms with Crippen molar-refractivity contribution in [2.45, 2.75) is 39.2 Å². The molecular formula is C22H22N2O5. The molecule has 2 aliphatic heterocycles. The molecule has 7 nitrogen and oxygen atoms in total. The number of rotatable bonds is 5. The second-order valence-electron chi connectivity index (χ2n) is 7.71. The quantitative estimate of drug-likeness (QED) is 0.787. The third-order valence-electron chi connectivity index (χ3n) is 6.37. The molecule has 7 heteroatoms. The van der Waals surface area contributed by atoms with Crippen LogP contribution in [0.1, 0.15) is 75.0 Å². The van der Waals surface area contributed by atoms with Crippen LogP contribution in [0.2, 0.25) is 0 Å². The Morgan fingerprint density at radius 2 is 1.14 bits per heavy atom. The average molecular weight is 394 g/mol. The van der Waals surface area contributed by atoms with Gasteiger partial charge < -0.3 is 5.11 Å². The highest BCUT2D eigenvalue weighted by Gasteiger charge is 2.44. The number of β-amino-alcohol motifs (C(OH)–C–C–N with tert-alkyl or cyclic N) is 1. The second-order valence-corrected chi connectivity index (χ2v) is 7.71. The number of carbonyl (C=O) groups excluding carboxylic acids is 4. The lowest BCUT2D eigenvalue weighted by atomic mass is 9.83. The first-order valence-corrected chi connectivity index (χ1v) is 9.76. The Morgan fingerprint density at radius 1 is 0.759 bits per heavy atom.